The number of benzene rings is 6. The molecular weight excluding hydrogens is 1270 g/mol. The maximum Gasteiger partial charge on any atom is 0.338 e. The first-order valence-corrected chi connectivity index (χ1v) is 32.0. The van der Waals surface area contributed by atoms with Gasteiger partial charge in [0.15, 0.2) is 43.5 Å². The summed E-state index contributed by atoms with van der Waals surface area (Å²) in [6, 6.07) is 49.8. The first-order valence-electron chi connectivity index (χ1n) is 32.0. The Balaban J connectivity index is 1.03. The second kappa shape index (κ2) is 35.7. The molecule has 4 aliphatic rings. The van der Waals surface area contributed by atoms with Gasteiger partial charge in [-0.15, -0.1) is 0 Å². The smallest absolute Gasteiger partial charge is 0.338 e. The number of aliphatic hydroxyl groups excluding tert-OH is 1. The summed E-state index contributed by atoms with van der Waals surface area (Å²) in [7, 11) is 3.58. The highest BCUT2D eigenvalue weighted by Gasteiger charge is 2.60. The standard InChI is InChI=1S/C71H78N6O21/c1-6-49-54(94-70-62(89-40-46-31-19-10-20-32-46)57(53(78)58(96-70)66(81)83-3)87-38-44-27-15-8-16-28-44)42(2)51(74-76-72)69(91-49)97-60-59(88-39-45-29-17-9-18-30-45)63(93-65(80)48-35-23-12-24-36-48)71(98-61(60)67(82)84-4)95-55-50(41-90-64(79)47-33-21-11-22-34-47)92-68(85-5)52(75-77-73)56(55)86-37-43-25-13-7-14-26-43/h7-36,42,49-63,68-71,78H,6,37-41H2,1-5H3/t42-,49?,50?,51?,52?,53-,54-,55+,56+,57+,58?,59-,60-,61?,62?,63?,68-,69+,70-,71-/m1/s1. The molecule has 4 fully saturated rings. The van der Waals surface area contributed by atoms with Gasteiger partial charge in [0.2, 0.25) is 0 Å². The van der Waals surface area contributed by atoms with Crippen LogP contribution in [0, 0.1) is 5.92 Å². The van der Waals surface area contributed by atoms with Crippen molar-refractivity contribution in [2.75, 3.05) is 27.9 Å². The molecule has 0 bridgehead atoms. The molecule has 4 heterocycles. The highest BCUT2D eigenvalue weighted by molar-refractivity contribution is 5.90. The summed E-state index contributed by atoms with van der Waals surface area (Å²) in [6.45, 7) is 2.61. The third kappa shape index (κ3) is 18.0. The van der Waals surface area contributed by atoms with Gasteiger partial charge in [-0.1, -0.05) is 182 Å². The lowest BCUT2D eigenvalue weighted by Gasteiger charge is -2.51. The lowest BCUT2D eigenvalue weighted by Crippen LogP contribution is -2.68. The van der Waals surface area contributed by atoms with Crippen molar-refractivity contribution in [1.29, 1.82) is 0 Å². The van der Waals surface area contributed by atoms with E-state index in [1.54, 1.807) is 117 Å². The Morgan fingerprint density at radius 3 is 1.37 bits per heavy atom. The van der Waals surface area contributed by atoms with E-state index in [9.17, 15) is 35.3 Å². The minimum Gasteiger partial charge on any atom is -0.467 e. The predicted molar refractivity (Wildman–Crippen MR) is 344 cm³/mol. The normalized spacial score (nSPS) is 29.9. The van der Waals surface area contributed by atoms with Crippen LogP contribution in [-0.4, -0.2) is 174 Å². The number of rotatable bonds is 29. The van der Waals surface area contributed by atoms with Crippen LogP contribution in [0.2, 0.25) is 0 Å². The largest absolute Gasteiger partial charge is 0.467 e. The molecule has 20 atom stereocenters. The van der Waals surface area contributed by atoms with Crippen LogP contribution in [0.5, 0.6) is 0 Å². The molecule has 0 aliphatic carbocycles. The summed E-state index contributed by atoms with van der Waals surface area (Å²) in [4.78, 5) is 63.3. The second-order valence-electron chi connectivity index (χ2n) is 23.4. The van der Waals surface area contributed by atoms with Gasteiger partial charge in [0, 0.05) is 16.9 Å². The van der Waals surface area contributed by atoms with Crippen molar-refractivity contribution in [3.63, 3.8) is 0 Å². The van der Waals surface area contributed by atoms with E-state index in [0.717, 1.165) is 25.3 Å². The molecule has 4 saturated heterocycles. The average Bonchev–Trinajstić information content (AvgIpc) is 0.764. The van der Waals surface area contributed by atoms with Crippen LogP contribution in [0.1, 0.15) is 63.2 Å². The fourth-order valence-corrected chi connectivity index (χ4v) is 12.2. The molecular formula is C71H78N6O21. The topological polar surface area (TPSA) is 334 Å². The predicted octanol–water partition coefficient (Wildman–Crippen LogP) is 9.22. The number of carbonyl (C=O) groups excluding carboxylic acids is 4. The Hall–Kier alpha value is -8.70. The molecule has 27 nitrogen and oxygen atoms in total. The van der Waals surface area contributed by atoms with Crippen molar-refractivity contribution in [2.45, 2.75) is 163 Å². The molecule has 8 unspecified atom stereocenters. The van der Waals surface area contributed by atoms with Crippen molar-refractivity contribution in [2.24, 2.45) is 16.1 Å². The Bertz CT molecular complexity index is 3590. The van der Waals surface area contributed by atoms with E-state index in [1.165, 1.54) is 19.2 Å². The zero-order valence-electron chi connectivity index (χ0n) is 54.4. The van der Waals surface area contributed by atoms with Crippen molar-refractivity contribution >= 4 is 23.9 Å². The number of ether oxygens (including phenoxy) is 16. The molecule has 0 saturated carbocycles. The van der Waals surface area contributed by atoms with E-state index < -0.39 is 153 Å². The molecule has 6 aromatic rings. The summed E-state index contributed by atoms with van der Waals surface area (Å²) >= 11 is 0. The van der Waals surface area contributed by atoms with Gasteiger partial charge in [-0.3, -0.25) is 0 Å². The molecule has 518 valence electrons. The van der Waals surface area contributed by atoms with Crippen molar-refractivity contribution in [3.8, 4) is 0 Å². The van der Waals surface area contributed by atoms with Gasteiger partial charge < -0.3 is 80.9 Å². The molecule has 10 rings (SSSR count). The first kappa shape index (κ1) is 72.1. The minimum atomic E-state index is -1.91. The van der Waals surface area contributed by atoms with Gasteiger partial charge in [-0.05, 0) is 69.9 Å². The summed E-state index contributed by atoms with van der Waals surface area (Å²) in [5.74, 6) is -4.54. The first-order chi connectivity index (χ1) is 47.8. The van der Waals surface area contributed by atoms with E-state index in [1.807, 2.05) is 66.7 Å². The molecule has 0 radical (unpaired) electrons. The van der Waals surface area contributed by atoms with Crippen molar-refractivity contribution < 1.29 is 100 Å². The minimum absolute atomic E-state index is 0.0149. The van der Waals surface area contributed by atoms with Crippen molar-refractivity contribution in [1.82, 2.24) is 0 Å². The molecule has 0 aromatic heterocycles. The number of nitrogens with zero attached hydrogens (tertiary/aromatic N) is 6. The van der Waals surface area contributed by atoms with Gasteiger partial charge in [-0.2, -0.15) is 0 Å². The summed E-state index contributed by atoms with van der Waals surface area (Å²) in [5, 5.41) is 20.3. The van der Waals surface area contributed by atoms with Crippen LogP contribution < -0.4 is 0 Å². The van der Waals surface area contributed by atoms with Gasteiger partial charge in [0.25, 0.3) is 0 Å². The highest BCUT2D eigenvalue weighted by Crippen LogP contribution is 2.42. The summed E-state index contributed by atoms with van der Waals surface area (Å²) < 4.78 is 103. The monoisotopic (exact) mass is 1350 g/mol. The third-order valence-electron chi connectivity index (χ3n) is 17.2. The molecule has 98 heavy (non-hydrogen) atoms. The quantitative estimate of drug-likeness (QED) is 0.0150. The van der Waals surface area contributed by atoms with Crippen LogP contribution in [-0.2, 0) is 112 Å². The van der Waals surface area contributed by atoms with E-state index in [2.05, 4.69) is 20.1 Å². The summed E-state index contributed by atoms with van der Waals surface area (Å²) in [6.07, 6.45) is -25.3. The van der Waals surface area contributed by atoms with E-state index in [4.69, 9.17) is 75.8 Å². The van der Waals surface area contributed by atoms with Crippen LogP contribution in [0.25, 0.3) is 20.9 Å². The Morgan fingerprint density at radius 2 is 0.867 bits per heavy atom. The molecule has 1 N–H and O–H groups in total. The second-order valence-corrected chi connectivity index (χ2v) is 23.4. The molecule has 0 amide bonds. The molecule has 27 heteroatoms. The number of methoxy groups -OCH3 is 3. The fraction of sp³-hybridized carbons (Fsp3) is 0.437. The van der Waals surface area contributed by atoms with E-state index >= 15 is 0 Å². The lowest BCUT2D eigenvalue weighted by molar-refractivity contribution is -0.371. The third-order valence-corrected chi connectivity index (χ3v) is 17.2. The Kier molecular flexibility index (Phi) is 26.2. The highest BCUT2D eigenvalue weighted by atomic mass is 16.8. The number of aliphatic hydroxyl groups is 1. The maximum absolute atomic E-state index is 14.8. The number of carbonyl (C=O) groups is 4. The Labute approximate surface area is 565 Å². The summed E-state index contributed by atoms with van der Waals surface area (Å²) in [5.41, 5.74) is 23.7. The van der Waals surface area contributed by atoms with Gasteiger partial charge >= 0.3 is 23.9 Å². The zero-order chi connectivity index (χ0) is 68.9. The Morgan fingerprint density at radius 1 is 0.449 bits per heavy atom. The van der Waals surface area contributed by atoms with Gasteiger partial charge in [-0.25, -0.2) is 19.2 Å². The molecule has 6 aromatic carbocycles. The number of hydrogen-bond donors (Lipinski definition) is 1. The number of hydrogen-bond acceptors (Lipinski definition) is 23. The average molecular weight is 1350 g/mol. The van der Waals surface area contributed by atoms with Crippen molar-refractivity contribution in [3.05, 3.63) is 236 Å². The van der Waals surface area contributed by atoms with Crippen LogP contribution >= 0.6 is 0 Å². The number of esters is 4. The van der Waals surface area contributed by atoms with Crippen LogP contribution in [0.15, 0.2) is 192 Å². The van der Waals surface area contributed by atoms with Crippen LogP contribution in [0.3, 0.4) is 0 Å². The maximum atomic E-state index is 14.8. The number of azide groups is 2. The zero-order valence-corrected chi connectivity index (χ0v) is 54.4. The van der Waals surface area contributed by atoms with Gasteiger partial charge in [0.1, 0.15) is 61.5 Å². The SMILES string of the molecule is CCC1O[C@@H](O[C@H]2C(C(=O)OC)O[C@@H](O[C@H]3C(COC(=O)c4ccccc4)O[C@@H](OC)C(N=[N+]=[N-])[C@@H]3OCc3ccccc3)C(OC(=O)c3ccccc3)[C@@H]2OCc2ccccc2)C(N=[N+]=[N-])[C@@H](C)[C@H]1O[C@@H]1OC(C(=O)OC)[C@H](O)[C@H](OCc2ccccc2)C1OCc1ccccc1. The fourth-order valence-electron chi connectivity index (χ4n) is 12.2. The molecule has 0 spiro atoms. The van der Waals surface area contributed by atoms with Crippen LogP contribution in [0.4, 0.5) is 0 Å². The van der Waals surface area contributed by atoms with Gasteiger partial charge in [0.05, 0.1) is 70.0 Å². The van der Waals surface area contributed by atoms with E-state index in [0.29, 0.717) is 11.1 Å². The molecule has 4 aliphatic heterocycles. The lowest BCUT2D eigenvalue weighted by atomic mass is 9.87. The van der Waals surface area contributed by atoms with E-state index in [-0.39, 0.29) is 44.0 Å².